The van der Waals surface area contributed by atoms with Crippen molar-refractivity contribution >= 4 is 0 Å². The van der Waals surface area contributed by atoms with E-state index in [1.807, 2.05) is 24.3 Å². The van der Waals surface area contributed by atoms with Gasteiger partial charge in [0, 0.05) is 0 Å². The van der Waals surface area contributed by atoms with Crippen molar-refractivity contribution in [1.82, 2.24) is 0 Å². The summed E-state index contributed by atoms with van der Waals surface area (Å²) in [5, 5.41) is 19.5. The number of hydrogen-bond donors (Lipinski definition) is 3. The van der Waals surface area contributed by atoms with Crippen LogP contribution in [0.1, 0.15) is 43.4 Å². The van der Waals surface area contributed by atoms with Gasteiger partial charge in [-0.25, -0.2) is 0 Å². The molecule has 3 heteroatoms. The van der Waals surface area contributed by atoms with E-state index in [0.717, 1.165) is 5.56 Å². The molecule has 0 saturated heterocycles. The van der Waals surface area contributed by atoms with Gasteiger partial charge in [0.2, 0.25) is 0 Å². The summed E-state index contributed by atoms with van der Waals surface area (Å²) in [6.45, 7) is 4.62. The highest BCUT2D eigenvalue weighted by atomic mass is 16.3. The molecule has 0 aliphatic rings. The summed E-state index contributed by atoms with van der Waals surface area (Å²) in [7, 11) is 0. The van der Waals surface area contributed by atoms with Gasteiger partial charge in [-0.1, -0.05) is 38.1 Å². The number of rotatable bonds is 5. The van der Waals surface area contributed by atoms with Crippen molar-refractivity contribution < 1.29 is 10.2 Å². The predicted molar refractivity (Wildman–Crippen MR) is 65.2 cm³/mol. The fourth-order valence-electron chi connectivity index (χ4n) is 1.63. The van der Waals surface area contributed by atoms with E-state index in [1.54, 1.807) is 0 Å². The quantitative estimate of drug-likeness (QED) is 0.709. The summed E-state index contributed by atoms with van der Waals surface area (Å²) >= 11 is 0. The zero-order valence-corrected chi connectivity index (χ0v) is 9.93. The van der Waals surface area contributed by atoms with Gasteiger partial charge in [0.25, 0.3) is 0 Å². The van der Waals surface area contributed by atoms with Crippen molar-refractivity contribution in [3.8, 4) is 0 Å². The van der Waals surface area contributed by atoms with Crippen molar-refractivity contribution in [2.24, 2.45) is 5.73 Å². The minimum atomic E-state index is -0.843. The molecule has 0 aromatic heterocycles. The summed E-state index contributed by atoms with van der Waals surface area (Å²) in [5.74, 6) is 0.472. The molecule has 0 amide bonds. The molecule has 0 spiro atoms. The number of hydrogen-bond acceptors (Lipinski definition) is 3. The van der Waals surface area contributed by atoms with Crippen LogP contribution in [0.3, 0.4) is 0 Å². The van der Waals surface area contributed by atoms with E-state index in [2.05, 4.69) is 13.8 Å². The first kappa shape index (κ1) is 13.2. The van der Waals surface area contributed by atoms with Crippen LogP contribution in [0.5, 0.6) is 0 Å². The molecule has 0 aliphatic carbocycles. The van der Waals surface area contributed by atoms with Gasteiger partial charge in [-0.3, -0.25) is 0 Å². The molecular formula is C13H21NO2. The normalized spacial score (nSPS) is 15.1. The van der Waals surface area contributed by atoms with E-state index in [1.165, 1.54) is 5.56 Å². The van der Waals surface area contributed by atoms with Gasteiger partial charge in [0.05, 0.1) is 6.10 Å². The van der Waals surface area contributed by atoms with Crippen LogP contribution in [0.2, 0.25) is 0 Å². The largest absolute Gasteiger partial charge is 0.390 e. The minimum Gasteiger partial charge on any atom is -0.390 e. The molecule has 2 unspecified atom stereocenters. The zero-order chi connectivity index (χ0) is 12.1. The maximum Gasteiger partial charge on any atom is 0.105 e. The van der Waals surface area contributed by atoms with Gasteiger partial charge in [0.15, 0.2) is 0 Å². The molecule has 0 heterocycles. The lowest BCUT2D eigenvalue weighted by Crippen LogP contribution is -2.21. The third-order valence-electron chi connectivity index (χ3n) is 2.77. The van der Waals surface area contributed by atoms with E-state index in [0.29, 0.717) is 18.9 Å². The summed E-state index contributed by atoms with van der Waals surface area (Å²) in [6.07, 6.45) is -1.22. The SMILES string of the molecule is CC(C)c1ccc(C(O)C(O)CCN)cc1. The Morgan fingerprint density at radius 1 is 1.06 bits per heavy atom. The Labute approximate surface area is 96.9 Å². The molecule has 0 bridgehead atoms. The first-order valence-corrected chi connectivity index (χ1v) is 5.72. The molecule has 16 heavy (non-hydrogen) atoms. The van der Waals surface area contributed by atoms with Crippen molar-refractivity contribution in [2.45, 2.75) is 38.4 Å². The van der Waals surface area contributed by atoms with E-state index in [4.69, 9.17) is 5.73 Å². The fourth-order valence-corrected chi connectivity index (χ4v) is 1.63. The second-order valence-electron chi connectivity index (χ2n) is 4.41. The lowest BCUT2D eigenvalue weighted by Gasteiger charge is -2.18. The Balaban J connectivity index is 2.73. The second kappa shape index (κ2) is 5.99. The van der Waals surface area contributed by atoms with Crippen molar-refractivity contribution in [3.63, 3.8) is 0 Å². The molecule has 1 aromatic carbocycles. The molecule has 1 aromatic rings. The van der Waals surface area contributed by atoms with Crippen LogP contribution < -0.4 is 5.73 Å². The topological polar surface area (TPSA) is 66.5 Å². The van der Waals surface area contributed by atoms with Crippen molar-refractivity contribution in [3.05, 3.63) is 35.4 Å². The molecule has 0 fully saturated rings. The van der Waals surface area contributed by atoms with Gasteiger partial charge in [-0.15, -0.1) is 0 Å². The fraction of sp³-hybridized carbons (Fsp3) is 0.538. The summed E-state index contributed by atoms with van der Waals surface area (Å²) in [4.78, 5) is 0. The Bertz CT molecular complexity index is 308. The Morgan fingerprint density at radius 3 is 2.00 bits per heavy atom. The number of aliphatic hydroxyl groups excluding tert-OH is 2. The number of nitrogens with two attached hydrogens (primary N) is 1. The van der Waals surface area contributed by atoms with Crippen LogP contribution in [-0.2, 0) is 0 Å². The average Bonchev–Trinajstić information content (AvgIpc) is 2.28. The first-order valence-electron chi connectivity index (χ1n) is 5.72. The zero-order valence-electron chi connectivity index (χ0n) is 9.93. The molecule has 0 radical (unpaired) electrons. The number of aliphatic hydroxyl groups is 2. The molecule has 1 rings (SSSR count). The second-order valence-corrected chi connectivity index (χ2v) is 4.41. The van der Waals surface area contributed by atoms with Crippen LogP contribution >= 0.6 is 0 Å². The Hall–Kier alpha value is -0.900. The molecule has 0 saturated carbocycles. The first-order chi connectivity index (χ1) is 7.56. The molecular weight excluding hydrogens is 202 g/mol. The lowest BCUT2D eigenvalue weighted by molar-refractivity contribution is 0.0150. The highest BCUT2D eigenvalue weighted by Gasteiger charge is 2.17. The summed E-state index contributed by atoms with van der Waals surface area (Å²) in [6, 6.07) is 7.69. The highest BCUT2D eigenvalue weighted by molar-refractivity contribution is 5.26. The number of benzene rings is 1. The van der Waals surface area contributed by atoms with Crippen LogP contribution in [0.15, 0.2) is 24.3 Å². The van der Waals surface area contributed by atoms with Gasteiger partial charge >= 0.3 is 0 Å². The standard InChI is InChI=1S/C13H21NO2/c1-9(2)10-3-5-11(6-4-10)13(16)12(15)7-8-14/h3-6,9,12-13,15-16H,7-8,14H2,1-2H3. The summed E-state index contributed by atoms with van der Waals surface area (Å²) in [5.41, 5.74) is 7.31. The third kappa shape index (κ3) is 3.30. The van der Waals surface area contributed by atoms with Gasteiger partial charge in [-0.2, -0.15) is 0 Å². The third-order valence-corrected chi connectivity index (χ3v) is 2.77. The molecule has 3 nitrogen and oxygen atoms in total. The van der Waals surface area contributed by atoms with Gasteiger partial charge in [-0.05, 0) is 30.0 Å². The maximum absolute atomic E-state index is 9.84. The Morgan fingerprint density at radius 2 is 1.56 bits per heavy atom. The maximum atomic E-state index is 9.84. The summed E-state index contributed by atoms with van der Waals surface area (Å²) < 4.78 is 0. The monoisotopic (exact) mass is 223 g/mol. The van der Waals surface area contributed by atoms with Crippen molar-refractivity contribution in [2.75, 3.05) is 6.54 Å². The van der Waals surface area contributed by atoms with Crippen LogP contribution in [0, 0.1) is 0 Å². The predicted octanol–water partition coefficient (Wildman–Crippen LogP) is 1.55. The van der Waals surface area contributed by atoms with Crippen LogP contribution in [-0.4, -0.2) is 22.9 Å². The van der Waals surface area contributed by atoms with E-state index in [9.17, 15) is 10.2 Å². The van der Waals surface area contributed by atoms with Gasteiger partial charge < -0.3 is 15.9 Å². The highest BCUT2D eigenvalue weighted by Crippen LogP contribution is 2.21. The van der Waals surface area contributed by atoms with Crippen LogP contribution in [0.4, 0.5) is 0 Å². The molecule has 4 N–H and O–H groups in total. The molecule has 90 valence electrons. The van der Waals surface area contributed by atoms with Gasteiger partial charge in [0.1, 0.15) is 6.10 Å². The molecule has 2 atom stereocenters. The smallest absolute Gasteiger partial charge is 0.105 e. The average molecular weight is 223 g/mol. The van der Waals surface area contributed by atoms with E-state index >= 15 is 0 Å². The Kier molecular flexibility index (Phi) is 4.93. The minimum absolute atomic E-state index is 0.377. The molecule has 0 aliphatic heterocycles. The van der Waals surface area contributed by atoms with Crippen molar-refractivity contribution in [1.29, 1.82) is 0 Å². The van der Waals surface area contributed by atoms with Crippen LogP contribution in [0.25, 0.3) is 0 Å². The lowest BCUT2D eigenvalue weighted by atomic mass is 9.97. The van der Waals surface area contributed by atoms with E-state index in [-0.39, 0.29) is 0 Å². The van der Waals surface area contributed by atoms with E-state index < -0.39 is 12.2 Å².